The third-order valence-corrected chi connectivity index (χ3v) is 4.01. The summed E-state index contributed by atoms with van der Waals surface area (Å²) < 4.78 is 0. The number of anilines is 2. The van der Waals surface area contributed by atoms with Crippen LogP contribution in [0.5, 0.6) is 0 Å². The molecule has 0 saturated heterocycles. The SMILES string of the molecule is CN(C)C(=O)CCc1ccc(NCC(=O)Nc2ccccc2Cl)cc1. The number of amides is 2. The van der Waals surface area contributed by atoms with Crippen molar-refractivity contribution in [2.24, 2.45) is 0 Å². The van der Waals surface area contributed by atoms with Gasteiger partial charge in [-0.3, -0.25) is 9.59 Å². The number of hydrogen-bond donors (Lipinski definition) is 2. The lowest BCUT2D eigenvalue weighted by Crippen LogP contribution is -2.22. The fraction of sp³-hybridized carbons (Fsp3) is 0.263. The number of halogens is 1. The summed E-state index contributed by atoms with van der Waals surface area (Å²) in [6, 6.07) is 14.8. The van der Waals surface area contributed by atoms with Gasteiger partial charge >= 0.3 is 0 Å². The average molecular weight is 360 g/mol. The number of aryl methyl sites for hydroxylation is 1. The van der Waals surface area contributed by atoms with Gasteiger partial charge in [0, 0.05) is 26.2 Å². The van der Waals surface area contributed by atoms with Gasteiger partial charge in [-0.2, -0.15) is 0 Å². The summed E-state index contributed by atoms with van der Waals surface area (Å²) in [4.78, 5) is 25.2. The van der Waals surface area contributed by atoms with Gasteiger partial charge < -0.3 is 15.5 Å². The molecule has 2 rings (SSSR count). The van der Waals surface area contributed by atoms with Crippen molar-refractivity contribution < 1.29 is 9.59 Å². The van der Waals surface area contributed by atoms with Gasteiger partial charge in [-0.25, -0.2) is 0 Å². The number of rotatable bonds is 7. The summed E-state index contributed by atoms with van der Waals surface area (Å²) >= 11 is 6.01. The molecule has 2 aromatic carbocycles. The molecule has 0 spiro atoms. The Balaban J connectivity index is 1.80. The van der Waals surface area contributed by atoms with E-state index in [1.54, 1.807) is 31.1 Å². The molecule has 0 fully saturated rings. The van der Waals surface area contributed by atoms with Gasteiger partial charge in [0.05, 0.1) is 17.3 Å². The Morgan fingerprint density at radius 2 is 1.72 bits per heavy atom. The molecule has 0 heterocycles. The van der Waals surface area contributed by atoms with E-state index in [2.05, 4.69) is 10.6 Å². The maximum Gasteiger partial charge on any atom is 0.243 e. The van der Waals surface area contributed by atoms with E-state index in [0.29, 0.717) is 23.6 Å². The Morgan fingerprint density at radius 1 is 1.04 bits per heavy atom. The Bertz CT molecular complexity index is 730. The van der Waals surface area contributed by atoms with Gasteiger partial charge in [-0.1, -0.05) is 35.9 Å². The van der Waals surface area contributed by atoms with Crippen LogP contribution in [0.15, 0.2) is 48.5 Å². The molecule has 0 radical (unpaired) electrons. The average Bonchev–Trinajstić information content (AvgIpc) is 2.60. The summed E-state index contributed by atoms with van der Waals surface area (Å²) in [5, 5.41) is 6.33. The Kier molecular flexibility index (Phi) is 6.83. The fourth-order valence-corrected chi connectivity index (χ4v) is 2.39. The lowest BCUT2D eigenvalue weighted by molar-refractivity contribution is -0.128. The van der Waals surface area contributed by atoms with Crippen LogP contribution >= 0.6 is 11.6 Å². The second kappa shape index (κ2) is 9.08. The first kappa shape index (κ1) is 18.8. The van der Waals surface area contributed by atoms with Crippen molar-refractivity contribution in [3.05, 3.63) is 59.1 Å². The van der Waals surface area contributed by atoms with E-state index in [4.69, 9.17) is 11.6 Å². The van der Waals surface area contributed by atoms with Crippen molar-refractivity contribution in [1.29, 1.82) is 0 Å². The second-order valence-electron chi connectivity index (χ2n) is 5.87. The quantitative estimate of drug-likeness (QED) is 0.796. The number of benzene rings is 2. The van der Waals surface area contributed by atoms with Crippen molar-refractivity contribution in [1.82, 2.24) is 4.90 Å². The largest absolute Gasteiger partial charge is 0.376 e. The van der Waals surface area contributed by atoms with Crippen LogP contribution in [-0.2, 0) is 16.0 Å². The molecular weight excluding hydrogens is 338 g/mol. The van der Waals surface area contributed by atoms with Gasteiger partial charge in [0.1, 0.15) is 0 Å². The standard InChI is InChI=1S/C19H22ClN3O2/c1-23(2)19(25)12-9-14-7-10-15(11-8-14)21-13-18(24)22-17-6-4-3-5-16(17)20/h3-8,10-11,21H,9,12-13H2,1-2H3,(H,22,24). The molecule has 0 aliphatic carbocycles. The van der Waals surface area contributed by atoms with E-state index in [-0.39, 0.29) is 18.4 Å². The molecule has 0 atom stereocenters. The van der Waals surface area contributed by atoms with Crippen LogP contribution < -0.4 is 10.6 Å². The lowest BCUT2D eigenvalue weighted by atomic mass is 10.1. The highest BCUT2D eigenvalue weighted by atomic mass is 35.5. The molecule has 0 aliphatic heterocycles. The molecule has 5 nitrogen and oxygen atoms in total. The zero-order valence-electron chi connectivity index (χ0n) is 14.4. The van der Waals surface area contributed by atoms with Crippen molar-refractivity contribution >= 4 is 34.8 Å². The minimum atomic E-state index is -0.172. The van der Waals surface area contributed by atoms with E-state index >= 15 is 0 Å². The van der Waals surface area contributed by atoms with Crippen LogP contribution in [0.2, 0.25) is 5.02 Å². The van der Waals surface area contributed by atoms with E-state index in [1.807, 2.05) is 36.4 Å². The number of nitrogens with one attached hydrogen (secondary N) is 2. The van der Waals surface area contributed by atoms with Gasteiger partial charge in [-0.05, 0) is 36.2 Å². The first-order valence-electron chi connectivity index (χ1n) is 8.03. The van der Waals surface area contributed by atoms with Gasteiger partial charge in [0.15, 0.2) is 0 Å². The molecule has 0 aromatic heterocycles. The molecule has 25 heavy (non-hydrogen) atoms. The highest BCUT2D eigenvalue weighted by Crippen LogP contribution is 2.20. The van der Waals surface area contributed by atoms with E-state index < -0.39 is 0 Å². The second-order valence-corrected chi connectivity index (χ2v) is 6.27. The number of carbonyl (C=O) groups excluding carboxylic acids is 2. The van der Waals surface area contributed by atoms with Gasteiger partial charge in [0.2, 0.25) is 11.8 Å². The fourth-order valence-electron chi connectivity index (χ4n) is 2.20. The highest BCUT2D eigenvalue weighted by molar-refractivity contribution is 6.33. The maximum absolute atomic E-state index is 12.0. The Hall–Kier alpha value is -2.53. The topological polar surface area (TPSA) is 61.4 Å². The van der Waals surface area contributed by atoms with Crippen molar-refractivity contribution in [3.8, 4) is 0 Å². The van der Waals surface area contributed by atoms with Crippen molar-refractivity contribution in [2.75, 3.05) is 31.3 Å². The first-order valence-corrected chi connectivity index (χ1v) is 8.41. The highest BCUT2D eigenvalue weighted by Gasteiger charge is 2.06. The Labute approximate surface area is 153 Å². The molecule has 2 N–H and O–H groups in total. The van der Waals surface area contributed by atoms with Crippen LogP contribution in [0.1, 0.15) is 12.0 Å². The van der Waals surface area contributed by atoms with Crippen LogP contribution in [0, 0.1) is 0 Å². The molecule has 2 aromatic rings. The minimum Gasteiger partial charge on any atom is -0.376 e. The summed E-state index contributed by atoms with van der Waals surface area (Å²) in [6.07, 6.45) is 1.18. The van der Waals surface area contributed by atoms with Crippen LogP contribution in [-0.4, -0.2) is 37.4 Å². The molecule has 0 saturated carbocycles. The number of para-hydroxylation sites is 1. The Morgan fingerprint density at radius 3 is 2.36 bits per heavy atom. The number of nitrogens with zero attached hydrogens (tertiary/aromatic N) is 1. The smallest absolute Gasteiger partial charge is 0.243 e. The van der Waals surface area contributed by atoms with Crippen LogP contribution in [0.3, 0.4) is 0 Å². The predicted octanol–water partition coefficient (Wildman–Crippen LogP) is 3.41. The molecule has 0 unspecified atom stereocenters. The number of hydrogen-bond acceptors (Lipinski definition) is 3. The van der Waals surface area contributed by atoms with Gasteiger partial charge in [-0.15, -0.1) is 0 Å². The van der Waals surface area contributed by atoms with E-state index in [0.717, 1.165) is 11.3 Å². The minimum absolute atomic E-state index is 0.110. The summed E-state index contributed by atoms with van der Waals surface area (Å²) in [7, 11) is 3.51. The number of carbonyl (C=O) groups is 2. The maximum atomic E-state index is 12.0. The first-order chi connectivity index (χ1) is 12.0. The van der Waals surface area contributed by atoms with Crippen LogP contribution in [0.25, 0.3) is 0 Å². The molecule has 132 valence electrons. The normalized spacial score (nSPS) is 10.2. The monoisotopic (exact) mass is 359 g/mol. The van der Waals surface area contributed by atoms with Crippen LogP contribution in [0.4, 0.5) is 11.4 Å². The van der Waals surface area contributed by atoms with E-state index in [9.17, 15) is 9.59 Å². The third-order valence-electron chi connectivity index (χ3n) is 3.68. The lowest BCUT2D eigenvalue weighted by Gasteiger charge is -2.11. The summed E-state index contributed by atoms with van der Waals surface area (Å²) in [6.45, 7) is 0.143. The predicted molar refractivity (Wildman–Crippen MR) is 102 cm³/mol. The van der Waals surface area contributed by atoms with E-state index in [1.165, 1.54) is 0 Å². The van der Waals surface area contributed by atoms with Crippen molar-refractivity contribution in [3.63, 3.8) is 0 Å². The molecular formula is C19H22ClN3O2. The molecule has 0 aliphatic rings. The molecule has 6 heteroatoms. The zero-order valence-corrected chi connectivity index (χ0v) is 15.1. The van der Waals surface area contributed by atoms with Gasteiger partial charge in [0.25, 0.3) is 0 Å². The summed E-state index contributed by atoms with van der Waals surface area (Å²) in [5.41, 5.74) is 2.52. The molecule has 2 amide bonds. The zero-order chi connectivity index (χ0) is 18.2. The third kappa shape index (κ3) is 6.12. The molecule has 0 bridgehead atoms. The van der Waals surface area contributed by atoms with Crippen molar-refractivity contribution in [2.45, 2.75) is 12.8 Å². The summed E-state index contributed by atoms with van der Waals surface area (Å²) in [5.74, 6) is -0.0628.